The van der Waals surface area contributed by atoms with Crippen molar-refractivity contribution in [3.63, 3.8) is 0 Å². The second kappa shape index (κ2) is 15.7. The van der Waals surface area contributed by atoms with E-state index in [1.54, 1.807) is 48.5 Å². The lowest BCUT2D eigenvalue weighted by molar-refractivity contribution is -0.135. The summed E-state index contributed by atoms with van der Waals surface area (Å²) in [5.41, 5.74) is 2.43. The van der Waals surface area contributed by atoms with Gasteiger partial charge in [0.15, 0.2) is 23.3 Å². The van der Waals surface area contributed by atoms with Gasteiger partial charge in [-0.3, -0.25) is 9.59 Å². The fourth-order valence-corrected chi connectivity index (χ4v) is 4.57. The standard InChI is InChI=1S/C35H32F4O4/c36-30-20-14-26(22-32(30)38)24-10-16-28(17-11-24)42-34(40)8-6-4-2-1-3-5-7-9-35(41)43-29-18-12-25(13-19-29)27-15-21-31(37)33(39)23-27/h10-23H,1-9H2. The van der Waals surface area contributed by atoms with Gasteiger partial charge in [-0.05, 0) is 83.6 Å². The smallest absolute Gasteiger partial charge is 0.311 e. The van der Waals surface area contributed by atoms with Crippen LogP contribution in [0.25, 0.3) is 22.3 Å². The van der Waals surface area contributed by atoms with Crippen molar-refractivity contribution in [2.24, 2.45) is 0 Å². The molecule has 0 unspecified atom stereocenters. The molecule has 0 amide bonds. The maximum absolute atomic E-state index is 13.5. The summed E-state index contributed by atoms with van der Waals surface area (Å²) in [7, 11) is 0. The lowest BCUT2D eigenvalue weighted by Gasteiger charge is -2.07. The van der Waals surface area contributed by atoms with E-state index in [1.165, 1.54) is 12.1 Å². The van der Waals surface area contributed by atoms with Crippen molar-refractivity contribution in [2.75, 3.05) is 0 Å². The van der Waals surface area contributed by atoms with Gasteiger partial charge >= 0.3 is 11.9 Å². The molecule has 224 valence electrons. The van der Waals surface area contributed by atoms with Crippen LogP contribution >= 0.6 is 0 Å². The van der Waals surface area contributed by atoms with Crippen LogP contribution in [-0.4, -0.2) is 11.9 Å². The molecule has 4 rings (SSSR count). The molecule has 0 radical (unpaired) electrons. The van der Waals surface area contributed by atoms with Crippen molar-refractivity contribution in [1.29, 1.82) is 0 Å². The number of carbonyl (C=O) groups is 2. The SMILES string of the molecule is O=C(CCCCCCCCCC(=O)Oc1ccc(-c2ccc(F)c(F)c2)cc1)Oc1ccc(-c2ccc(F)c(F)c2)cc1. The Labute approximate surface area is 248 Å². The third-order valence-corrected chi connectivity index (χ3v) is 6.94. The fraction of sp³-hybridized carbons (Fsp3) is 0.257. The summed E-state index contributed by atoms with van der Waals surface area (Å²) < 4.78 is 63.9. The van der Waals surface area contributed by atoms with Crippen LogP contribution in [-0.2, 0) is 9.59 Å². The lowest BCUT2D eigenvalue weighted by Crippen LogP contribution is -2.07. The van der Waals surface area contributed by atoms with Gasteiger partial charge < -0.3 is 9.47 Å². The zero-order chi connectivity index (χ0) is 30.6. The lowest BCUT2D eigenvalue weighted by atomic mass is 10.1. The molecule has 0 bridgehead atoms. The molecule has 0 fully saturated rings. The van der Waals surface area contributed by atoms with Crippen molar-refractivity contribution < 1.29 is 36.6 Å². The Hall–Kier alpha value is -4.46. The molecule has 0 aromatic heterocycles. The summed E-state index contributed by atoms with van der Waals surface area (Å²) in [6, 6.07) is 20.6. The van der Waals surface area contributed by atoms with Gasteiger partial charge in [-0.2, -0.15) is 0 Å². The Morgan fingerprint density at radius 1 is 0.419 bits per heavy atom. The summed E-state index contributed by atoms with van der Waals surface area (Å²) in [6.07, 6.45) is 6.79. The molecule has 43 heavy (non-hydrogen) atoms. The van der Waals surface area contributed by atoms with Gasteiger partial charge in [0.05, 0.1) is 0 Å². The van der Waals surface area contributed by atoms with Gasteiger partial charge in [0.25, 0.3) is 0 Å². The largest absolute Gasteiger partial charge is 0.427 e. The Morgan fingerprint density at radius 2 is 0.744 bits per heavy atom. The van der Waals surface area contributed by atoms with Crippen LogP contribution < -0.4 is 9.47 Å². The first-order valence-corrected chi connectivity index (χ1v) is 14.3. The van der Waals surface area contributed by atoms with Crippen LogP contribution in [0, 0.1) is 23.3 Å². The van der Waals surface area contributed by atoms with Crippen molar-refractivity contribution in [2.45, 2.75) is 57.8 Å². The van der Waals surface area contributed by atoms with Gasteiger partial charge in [0.2, 0.25) is 0 Å². The molecule has 0 heterocycles. The number of rotatable bonds is 14. The molecule has 0 spiro atoms. The first kappa shape index (κ1) is 31.5. The van der Waals surface area contributed by atoms with Crippen LogP contribution in [0.3, 0.4) is 0 Å². The predicted molar refractivity (Wildman–Crippen MR) is 156 cm³/mol. The maximum atomic E-state index is 13.5. The molecule has 0 saturated carbocycles. The molecule has 4 aromatic carbocycles. The van der Waals surface area contributed by atoms with Crippen LogP contribution in [0.2, 0.25) is 0 Å². The molecular formula is C35H32F4O4. The van der Waals surface area contributed by atoms with Crippen molar-refractivity contribution in [3.05, 3.63) is 108 Å². The number of carbonyl (C=O) groups excluding carboxylic acids is 2. The van der Waals surface area contributed by atoms with E-state index >= 15 is 0 Å². The van der Waals surface area contributed by atoms with Crippen molar-refractivity contribution in [3.8, 4) is 33.8 Å². The summed E-state index contributed by atoms with van der Waals surface area (Å²) in [6.45, 7) is 0. The van der Waals surface area contributed by atoms with Gasteiger partial charge in [-0.1, -0.05) is 68.5 Å². The average Bonchev–Trinajstić information content (AvgIpc) is 3.00. The van der Waals surface area contributed by atoms with Gasteiger partial charge in [-0.15, -0.1) is 0 Å². The summed E-state index contributed by atoms with van der Waals surface area (Å²) in [5.74, 6) is -3.49. The normalized spacial score (nSPS) is 10.9. The van der Waals surface area contributed by atoms with Crippen molar-refractivity contribution in [1.82, 2.24) is 0 Å². The molecule has 0 saturated heterocycles. The Bertz CT molecular complexity index is 1400. The highest BCUT2D eigenvalue weighted by Crippen LogP contribution is 2.26. The quantitative estimate of drug-likeness (QED) is 0.0633. The molecule has 8 heteroatoms. The van der Waals surface area contributed by atoms with E-state index in [4.69, 9.17) is 9.47 Å². The van der Waals surface area contributed by atoms with Gasteiger partial charge in [0, 0.05) is 12.8 Å². The molecule has 0 aliphatic carbocycles. The van der Waals surface area contributed by atoms with E-state index in [1.807, 2.05) is 0 Å². The molecule has 0 aliphatic heterocycles. The maximum Gasteiger partial charge on any atom is 0.311 e. The number of hydrogen-bond donors (Lipinski definition) is 0. The minimum absolute atomic E-state index is 0.304. The van der Waals surface area contributed by atoms with Crippen molar-refractivity contribution >= 4 is 11.9 Å². The molecule has 0 atom stereocenters. The van der Waals surface area contributed by atoms with Crippen LogP contribution in [0.15, 0.2) is 84.9 Å². The monoisotopic (exact) mass is 592 g/mol. The van der Waals surface area contributed by atoms with E-state index in [9.17, 15) is 27.2 Å². The van der Waals surface area contributed by atoms with E-state index in [0.29, 0.717) is 59.4 Å². The minimum Gasteiger partial charge on any atom is -0.427 e. The van der Waals surface area contributed by atoms with Crippen LogP contribution in [0.5, 0.6) is 11.5 Å². The minimum atomic E-state index is -0.918. The fourth-order valence-electron chi connectivity index (χ4n) is 4.57. The second-order valence-electron chi connectivity index (χ2n) is 10.2. The van der Waals surface area contributed by atoms with E-state index in [0.717, 1.165) is 56.4 Å². The molecule has 0 N–H and O–H groups in total. The number of esters is 2. The summed E-state index contributed by atoms with van der Waals surface area (Å²) >= 11 is 0. The zero-order valence-corrected chi connectivity index (χ0v) is 23.6. The molecule has 0 aliphatic rings. The summed E-state index contributed by atoms with van der Waals surface area (Å²) in [5, 5.41) is 0. The number of halogens is 4. The number of ether oxygens (including phenoxy) is 2. The van der Waals surface area contributed by atoms with E-state index in [2.05, 4.69) is 0 Å². The first-order valence-electron chi connectivity index (χ1n) is 14.3. The third kappa shape index (κ3) is 9.81. The third-order valence-electron chi connectivity index (χ3n) is 6.94. The molecule has 4 aromatic rings. The van der Waals surface area contributed by atoms with Gasteiger partial charge in [0.1, 0.15) is 11.5 Å². The van der Waals surface area contributed by atoms with Crippen LogP contribution in [0.4, 0.5) is 17.6 Å². The highest BCUT2D eigenvalue weighted by atomic mass is 19.2. The highest BCUT2D eigenvalue weighted by molar-refractivity contribution is 5.73. The highest BCUT2D eigenvalue weighted by Gasteiger charge is 2.09. The number of benzene rings is 4. The first-order chi connectivity index (χ1) is 20.8. The number of hydrogen-bond acceptors (Lipinski definition) is 4. The predicted octanol–water partition coefficient (Wildman–Crippen LogP) is 9.60. The zero-order valence-electron chi connectivity index (χ0n) is 23.6. The Balaban J connectivity index is 1.03. The average molecular weight is 593 g/mol. The van der Waals surface area contributed by atoms with Crippen LogP contribution in [0.1, 0.15) is 57.8 Å². The molecule has 4 nitrogen and oxygen atoms in total. The van der Waals surface area contributed by atoms with E-state index in [-0.39, 0.29) is 11.9 Å². The van der Waals surface area contributed by atoms with E-state index < -0.39 is 23.3 Å². The van der Waals surface area contributed by atoms with Gasteiger partial charge in [-0.25, -0.2) is 17.6 Å². The Morgan fingerprint density at radius 3 is 1.09 bits per heavy atom. The topological polar surface area (TPSA) is 52.6 Å². The molecular weight excluding hydrogens is 560 g/mol. The summed E-state index contributed by atoms with van der Waals surface area (Å²) in [4.78, 5) is 24.3. The number of unbranched alkanes of at least 4 members (excludes halogenated alkanes) is 6. The second-order valence-corrected chi connectivity index (χ2v) is 10.2. The Kier molecular flexibility index (Phi) is 11.5.